The Labute approximate surface area is 92.4 Å². The number of piperidine rings is 1. The molecule has 4 nitrogen and oxygen atoms in total. The summed E-state index contributed by atoms with van der Waals surface area (Å²) < 4.78 is 0. The molecule has 0 unspecified atom stereocenters. The van der Waals surface area contributed by atoms with Crippen LogP contribution >= 0.6 is 0 Å². The Morgan fingerprint density at radius 1 is 1.40 bits per heavy atom. The predicted molar refractivity (Wildman–Crippen MR) is 61.8 cm³/mol. The Balaban J connectivity index is 2.09. The highest BCUT2D eigenvalue weighted by Crippen LogP contribution is 2.08. The van der Waals surface area contributed by atoms with Gasteiger partial charge in [-0.2, -0.15) is 0 Å². The molecule has 0 atom stereocenters. The number of rotatable bonds is 5. The number of carbonyl (C=O) groups is 1. The zero-order valence-corrected chi connectivity index (χ0v) is 9.88. The van der Waals surface area contributed by atoms with E-state index in [-0.39, 0.29) is 5.91 Å². The molecule has 1 fully saturated rings. The van der Waals surface area contributed by atoms with Crippen molar-refractivity contribution in [3.63, 3.8) is 0 Å². The van der Waals surface area contributed by atoms with Crippen molar-refractivity contribution in [2.24, 2.45) is 0 Å². The highest BCUT2D eigenvalue weighted by molar-refractivity contribution is 5.76. The van der Waals surface area contributed by atoms with Crippen molar-refractivity contribution < 1.29 is 4.79 Å². The second-order valence-corrected chi connectivity index (χ2v) is 4.35. The van der Waals surface area contributed by atoms with E-state index in [0.717, 1.165) is 38.9 Å². The normalized spacial score (nSPS) is 19.1. The van der Waals surface area contributed by atoms with Crippen LogP contribution in [-0.2, 0) is 4.79 Å². The van der Waals surface area contributed by atoms with E-state index >= 15 is 0 Å². The summed E-state index contributed by atoms with van der Waals surface area (Å²) in [7, 11) is 4.04. The molecule has 1 amide bonds. The summed E-state index contributed by atoms with van der Waals surface area (Å²) in [6, 6.07) is 0.406. The first kappa shape index (κ1) is 12.5. The fourth-order valence-corrected chi connectivity index (χ4v) is 1.88. The van der Waals surface area contributed by atoms with Gasteiger partial charge in [0.05, 0.1) is 0 Å². The summed E-state index contributed by atoms with van der Waals surface area (Å²) >= 11 is 0. The zero-order valence-electron chi connectivity index (χ0n) is 9.88. The Hall–Kier alpha value is -0.610. The topological polar surface area (TPSA) is 44.4 Å². The van der Waals surface area contributed by atoms with E-state index in [0.29, 0.717) is 12.5 Å². The number of nitrogens with zero attached hydrogens (tertiary/aromatic N) is 1. The molecule has 1 aliphatic rings. The third-order valence-corrected chi connectivity index (χ3v) is 2.91. The summed E-state index contributed by atoms with van der Waals surface area (Å²) in [5, 5.41) is 6.15. The second-order valence-electron chi connectivity index (χ2n) is 4.35. The molecule has 1 heterocycles. The monoisotopic (exact) mass is 213 g/mol. The van der Waals surface area contributed by atoms with Crippen LogP contribution in [0.5, 0.6) is 0 Å². The maximum Gasteiger partial charge on any atom is 0.220 e. The van der Waals surface area contributed by atoms with Crippen molar-refractivity contribution in [3.8, 4) is 0 Å². The minimum atomic E-state index is 0.208. The van der Waals surface area contributed by atoms with Gasteiger partial charge >= 0.3 is 0 Å². The van der Waals surface area contributed by atoms with Crippen molar-refractivity contribution >= 4 is 5.91 Å². The molecule has 4 heteroatoms. The molecule has 0 spiro atoms. The van der Waals surface area contributed by atoms with Gasteiger partial charge < -0.3 is 15.5 Å². The molecule has 0 bridgehead atoms. The van der Waals surface area contributed by atoms with Gasteiger partial charge in [-0.3, -0.25) is 4.79 Å². The minimum Gasteiger partial charge on any atom is -0.353 e. The standard InChI is InChI=1S/C11H23N3O/c1-12-7-3-4-11(15)13-10-5-8-14(2)9-6-10/h10,12H,3-9H2,1-2H3,(H,13,15). The van der Waals surface area contributed by atoms with Gasteiger partial charge in [-0.25, -0.2) is 0 Å². The molecule has 88 valence electrons. The third-order valence-electron chi connectivity index (χ3n) is 2.91. The molecule has 1 saturated heterocycles. The van der Waals surface area contributed by atoms with Crippen LogP contribution in [0.1, 0.15) is 25.7 Å². The molecule has 1 rings (SSSR count). The molecule has 0 saturated carbocycles. The van der Waals surface area contributed by atoms with Crippen LogP contribution in [0.25, 0.3) is 0 Å². The first-order valence-electron chi connectivity index (χ1n) is 5.85. The van der Waals surface area contributed by atoms with Crippen molar-refractivity contribution in [2.45, 2.75) is 31.7 Å². The lowest BCUT2D eigenvalue weighted by Crippen LogP contribution is -2.43. The number of hydrogen-bond donors (Lipinski definition) is 2. The van der Waals surface area contributed by atoms with Gasteiger partial charge in [-0.05, 0) is 53.0 Å². The second kappa shape index (κ2) is 6.80. The van der Waals surface area contributed by atoms with Gasteiger partial charge in [0.2, 0.25) is 5.91 Å². The van der Waals surface area contributed by atoms with Gasteiger partial charge in [0, 0.05) is 12.5 Å². The molecule has 0 radical (unpaired) electrons. The fourth-order valence-electron chi connectivity index (χ4n) is 1.88. The SMILES string of the molecule is CNCCCC(=O)NC1CCN(C)CC1. The summed E-state index contributed by atoms with van der Waals surface area (Å²) in [5.41, 5.74) is 0. The molecule has 1 aliphatic heterocycles. The van der Waals surface area contributed by atoms with E-state index in [1.165, 1.54) is 0 Å². The van der Waals surface area contributed by atoms with E-state index in [4.69, 9.17) is 0 Å². The summed E-state index contributed by atoms with van der Waals surface area (Å²) in [5.74, 6) is 0.208. The summed E-state index contributed by atoms with van der Waals surface area (Å²) in [4.78, 5) is 13.8. The first-order valence-corrected chi connectivity index (χ1v) is 5.85. The Morgan fingerprint density at radius 3 is 2.67 bits per heavy atom. The lowest BCUT2D eigenvalue weighted by atomic mass is 10.1. The van der Waals surface area contributed by atoms with Gasteiger partial charge in [-0.1, -0.05) is 0 Å². The number of carbonyl (C=O) groups excluding carboxylic acids is 1. The molecule has 0 aromatic rings. The highest BCUT2D eigenvalue weighted by Gasteiger charge is 2.17. The van der Waals surface area contributed by atoms with Crippen LogP contribution in [0.4, 0.5) is 0 Å². The lowest BCUT2D eigenvalue weighted by molar-refractivity contribution is -0.122. The van der Waals surface area contributed by atoms with Gasteiger partial charge in [0.25, 0.3) is 0 Å². The van der Waals surface area contributed by atoms with Crippen LogP contribution in [0, 0.1) is 0 Å². The van der Waals surface area contributed by atoms with Crippen molar-refractivity contribution in [3.05, 3.63) is 0 Å². The molecular weight excluding hydrogens is 190 g/mol. The Bertz CT molecular complexity index is 188. The Morgan fingerprint density at radius 2 is 2.07 bits per heavy atom. The lowest BCUT2D eigenvalue weighted by Gasteiger charge is -2.29. The highest BCUT2D eigenvalue weighted by atomic mass is 16.1. The van der Waals surface area contributed by atoms with Crippen molar-refractivity contribution in [2.75, 3.05) is 33.7 Å². The first-order chi connectivity index (χ1) is 7.22. The van der Waals surface area contributed by atoms with E-state index in [9.17, 15) is 4.79 Å². The average molecular weight is 213 g/mol. The van der Waals surface area contributed by atoms with Gasteiger partial charge in [-0.15, -0.1) is 0 Å². The van der Waals surface area contributed by atoms with Crippen LogP contribution in [0.2, 0.25) is 0 Å². The Kier molecular flexibility index (Phi) is 5.65. The predicted octanol–water partition coefficient (Wildman–Crippen LogP) is 0.196. The van der Waals surface area contributed by atoms with E-state index in [1.54, 1.807) is 0 Å². The average Bonchev–Trinajstić information content (AvgIpc) is 2.22. The van der Waals surface area contributed by atoms with Crippen LogP contribution in [-0.4, -0.2) is 50.6 Å². The summed E-state index contributed by atoms with van der Waals surface area (Å²) in [6.45, 7) is 3.11. The molecule has 0 aliphatic carbocycles. The van der Waals surface area contributed by atoms with Crippen molar-refractivity contribution in [1.29, 1.82) is 0 Å². The largest absolute Gasteiger partial charge is 0.353 e. The smallest absolute Gasteiger partial charge is 0.220 e. The third kappa shape index (κ3) is 5.14. The molecule has 2 N–H and O–H groups in total. The number of likely N-dealkylation sites (tertiary alicyclic amines) is 1. The van der Waals surface area contributed by atoms with E-state index in [1.807, 2.05) is 7.05 Å². The quantitative estimate of drug-likeness (QED) is 0.641. The minimum absolute atomic E-state index is 0.208. The van der Waals surface area contributed by atoms with Gasteiger partial charge in [0.1, 0.15) is 0 Å². The maximum absolute atomic E-state index is 11.5. The van der Waals surface area contributed by atoms with Gasteiger partial charge in [0.15, 0.2) is 0 Å². The zero-order chi connectivity index (χ0) is 11.1. The molecule has 15 heavy (non-hydrogen) atoms. The summed E-state index contributed by atoms with van der Waals surface area (Å²) in [6.07, 6.45) is 3.75. The van der Waals surface area contributed by atoms with E-state index < -0.39 is 0 Å². The van der Waals surface area contributed by atoms with Crippen molar-refractivity contribution in [1.82, 2.24) is 15.5 Å². The maximum atomic E-state index is 11.5. The van der Waals surface area contributed by atoms with Crippen LogP contribution < -0.4 is 10.6 Å². The number of hydrogen-bond acceptors (Lipinski definition) is 3. The van der Waals surface area contributed by atoms with Crippen LogP contribution in [0.3, 0.4) is 0 Å². The number of amides is 1. The number of nitrogens with one attached hydrogen (secondary N) is 2. The molecule has 0 aromatic heterocycles. The fraction of sp³-hybridized carbons (Fsp3) is 0.909. The molecule has 0 aromatic carbocycles. The van der Waals surface area contributed by atoms with E-state index in [2.05, 4.69) is 22.6 Å². The molecular formula is C11H23N3O. The van der Waals surface area contributed by atoms with Crippen LogP contribution in [0.15, 0.2) is 0 Å².